The van der Waals surface area contributed by atoms with Gasteiger partial charge in [-0.25, -0.2) is 9.37 Å². The average Bonchev–Trinajstić information content (AvgIpc) is 2.89. The number of nitrogens with zero attached hydrogens (tertiary/aromatic N) is 2. The van der Waals surface area contributed by atoms with Crippen LogP contribution in [0.4, 0.5) is 4.39 Å². The van der Waals surface area contributed by atoms with Crippen molar-refractivity contribution in [3.63, 3.8) is 0 Å². The standard InChI is InChI=1S/C15H17ClFN3/c16-13-2-1-3-14(17)12(13)9-18-8-11-4-5-15-19-6-7-20(15)10-11/h1-3,6-7,11,18H,4-5,8-10H2/t11-/m1/s1. The molecule has 5 heteroatoms. The van der Waals surface area contributed by atoms with Gasteiger partial charge in [-0.15, -0.1) is 0 Å². The molecule has 3 nitrogen and oxygen atoms in total. The molecule has 1 aromatic heterocycles. The van der Waals surface area contributed by atoms with Gasteiger partial charge < -0.3 is 9.88 Å². The SMILES string of the molecule is Fc1cccc(Cl)c1CNC[C@H]1CCc2nccn2C1. The molecule has 0 radical (unpaired) electrons. The highest BCUT2D eigenvalue weighted by molar-refractivity contribution is 6.31. The van der Waals surface area contributed by atoms with Crippen molar-refractivity contribution < 1.29 is 4.39 Å². The molecule has 1 aromatic carbocycles. The smallest absolute Gasteiger partial charge is 0.129 e. The molecule has 1 N–H and O–H groups in total. The monoisotopic (exact) mass is 293 g/mol. The van der Waals surface area contributed by atoms with E-state index in [0.29, 0.717) is 23.0 Å². The van der Waals surface area contributed by atoms with Crippen LogP contribution < -0.4 is 5.32 Å². The molecule has 0 amide bonds. The minimum atomic E-state index is -0.245. The summed E-state index contributed by atoms with van der Waals surface area (Å²) in [5, 5.41) is 3.80. The van der Waals surface area contributed by atoms with E-state index in [1.807, 2.05) is 12.4 Å². The van der Waals surface area contributed by atoms with Gasteiger partial charge in [-0.05, 0) is 31.0 Å². The second kappa shape index (κ2) is 5.94. The van der Waals surface area contributed by atoms with Crippen LogP contribution in [0.3, 0.4) is 0 Å². The third-order valence-corrected chi connectivity index (χ3v) is 4.18. The quantitative estimate of drug-likeness (QED) is 0.939. The van der Waals surface area contributed by atoms with E-state index < -0.39 is 0 Å². The Kier molecular flexibility index (Phi) is 4.03. The summed E-state index contributed by atoms with van der Waals surface area (Å²) in [6.07, 6.45) is 6.01. The van der Waals surface area contributed by atoms with E-state index in [-0.39, 0.29) is 5.82 Å². The predicted molar refractivity (Wildman–Crippen MR) is 77.2 cm³/mol. The van der Waals surface area contributed by atoms with Gasteiger partial charge in [0.2, 0.25) is 0 Å². The van der Waals surface area contributed by atoms with Gasteiger partial charge in [0.1, 0.15) is 11.6 Å². The summed E-state index contributed by atoms with van der Waals surface area (Å²) in [5.74, 6) is 1.48. The van der Waals surface area contributed by atoms with Gasteiger partial charge in [0, 0.05) is 42.5 Å². The molecule has 0 unspecified atom stereocenters. The zero-order chi connectivity index (χ0) is 13.9. The molecular weight excluding hydrogens is 277 g/mol. The molecule has 2 heterocycles. The summed E-state index contributed by atoms with van der Waals surface area (Å²) in [6, 6.07) is 4.80. The summed E-state index contributed by atoms with van der Waals surface area (Å²) in [4.78, 5) is 4.32. The van der Waals surface area contributed by atoms with Crippen LogP contribution in [-0.2, 0) is 19.5 Å². The Morgan fingerprint density at radius 1 is 1.45 bits per heavy atom. The number of benzene rings is 1. The van der Waals surface area contributed by atoms with Gasteiger partial charge in [0.25, 0.3) is 0 Å². The molecule has 0 bridgehead atoms. The van der Waals surface area contributed by atoms with Crippen LogP contribution >= 0.6 is 11.6 Å². The van der Waals surface area contributed by atoms with E-state index in [2.05, 4.69) is 14.9 Å². The van der Waals surface area contributed by atoms with Crippen LogP contribution in [0, 0.1) is 11.7 Å². The van der Waals surface area contributed by atoms with Gasteiger partial charge >= 0.3 is 0 Å². The number of imidazole rings is 1. The fourth-order valence-electron chi connectivity index (χ4n) is 2.71. The second-order valence-electron chi connectivity index (χ2n) is 5.23. The minimum absolute atomic E-state index is 0.245. The molecule has 0 saturated heterocycles. The van der Waals surface area contributed by atoms with Crippen molar-refractivity contribution in [3.05, 3.63) is 52.8 Å². The van der Waals surface area contributed by atoms with Crippen molar-refractivity contribution in [1.82, 2.24) is 14.9 Å². The Hall–Kier alpha value is -1.39. The number of aryl methyl sites for hydroxylation is 1. The summed E-state index contributed by atoms with van der Waals surface area (Å²) in [6.45, 7) is 2.31. The minimum Gasteiger partial charge on any atom is -0.335 e. The zero-order valence-electron chi connectivity index (χ0n) is 11.1. The summed E-state index contributed by atoms with van der Waals surface area (Å²) < 4.78 is 15.8. The summed E-state index contributed by atoms with van der Waals surface area (Å²) in [7, 11) is 0. The molecule has 1 aliphatic rings. The highest BCUT2D eigenvalue weighted by atomic mass is 35.5. The number of hydrogen-bond donors (Lipinski definition) is 1. The Bertz CT molecular complexity index is 576. The number of halogens is 2. The molecule has 0 aliphatic carbocycles. The van der Waals surface area contributed by atoms with Crippen molar-refractivity contribution in [3.8, 4) is 0 Å². The molecule has 1 aliphatic heterocycles. The molecule has 3 rings (SSSR count). The third kappa shape index (κ3) is 2.86. The summed E-state index contributed by atoms with van der Waals surface area (Å²) in [5.41, 5.74) is 0.549. The first-order chi connectivity index (χ1) is 9.74. The van der Waals surface area contributed by atoms with Gasteiger partial charge in [0.15, 0.2) is 0 Å². The van der Waals surface area contributed by atoms with Gasteiger partial charge in [-0.2, -0.15) is 0 Å². The van der Waals surface area contributed by atoms with Crippen molar-refractivity contribution in [2.45, 2.75) is 25.9 Å². The third-order valence-electron chi connectivity index (χ3n) is 3.83. The largest absolute Gasteiger partial charge is 0.335 e. The lowest BCUT2D eigenvalue weighted by Crippen LogP contribution is -2.30. The van der Waals surface area contributed by atoms with Crippen LogP contribution in [0.5, 0.6) is 0 Å². The lowest BCUT2D eigenvalue weighted by Gasteiger charge is -2.24. The van der Waals surface area contributed by atoms with E-state index in [9.17, 15) is 4.39 Å². The van der Waals surface area contributed by atoms with Crippen LogP contribution in [0.25, 0.3) is 0 Å². The van der Waals surface area contributed by atoms with E-state index in [4.69, 9.17) is 11.6 Å². The van der Waals surface area contributed by atoms with Gasteiger partial charge in [0.05, 0.1) is 0 Å². The highest BCUT2D eigenvalue weighted by Crippen LogP contribution is 2.20. The highest BCUT2D eigenvalue weighted by Gasteiger charge is 2.18. The molecule has 0 saturated carbocycles. The number of aromatic nitrogens is 2. The summed E-state index contributed by atoms with van der Waals surface area (Å²) >= 11 is 6.01. The van der Waals surface area contributed by atoms with Crippen LogP contribution in [0.15, 0.2) is 30.6 Å². The molecule has 2 aromatic rings. The Labute approximate surface area is 122 Å². The fourth-order valence-corrected chi connectivity index (χ4v) is 2.94. The lowest BCUT2D eigenvalue weighted by molar-refractivity contribution is 0.346. The lowest BCUT2D eigenvalue weighted by atomic mass is 9.99. The molecule has 20 heavy (non-hydrogen) atoms. The second-order valence-corrected chi connectivity index (χ2v) is 5.64. The molecule has 1 atom stereocenters. The zero-order valence-corrected chi connectivity index (χ0v) is 11.9. The van der Waals surface area contributed by atoms with Crippen molar-refractivity contribution in [2.24, 2.45) is 5.92 Å². The normalized spacial score (nSPS) is 18.0. The van der Waals surface area contributed by atoms with Crippen molar-refractivity contribution in [2.75, 3.05) is 6.54 Å². The number of hydrogen-bond acceptors (Lipinski definition) is 2. The first-order valence-electron chi connectivity index (χ1n) is 6.87. The maximum absolute atomic E-state index is 13.6. The average molecular weight is 294 g/mol. The molecular formula is C15H17ClFN3. The van der Waals surface area contributed by atoms with Gasteiger partial charge in [-0.1, -0.05) is 17.7 Å². The molecule has 106 valence electrons. The Morgan fingerprint density at radius 3 is 3.20 bits per heavy atom. The number of nitrogens with one attached hydrogen (secondary N) is 1. The number of fused-ring (bicyclic) bond motifs is 1. The Balaban J connectivity index is 1.54. The van der Waals surface area contributed by atoms with Crippen molar-refractivity contribution in [1.29, 1.82) is 0 Å². The van der Waals surface area contributed by atoms with Crippen LogP contribution in [0.2, 0.25) is 5.02 Å². The maximum Gasteiger partial charge on any atom is 0.129 e. The van der Waals surface area contributed by atoms with Crippen LogP contribution in [0.1, 0.15) is 17.8 Å². The molecule has 0 fully saturated rings. The maximum atomic E-state index is 13.6. The van der Waals surface area contributed by atoms with Crippen LogP contribution in [-0.4, -0.2) is 16.1 Å². The first-order valence-corrected chi connectivity index (χ1v) is 7.25. The van der Waals surface area contributed by atoms with Gasteiger partial charge in [-0.3, -0.25) is 0 Å². The predicted octanol–water partition coefficient (Wildman–Crippen LogP) is 3.03. The van der Waals surface area contributed by atoms with E-state index in [0.717, 1.165) is 25.9 Å². The first kappa shape index (κ1) is 13.6. The van der Waals surface area contributed by atoms with E-state index >= 15 is 0 Å². The Morgan fingerprint density at radius 2 is 2.35 bits per heavy atom. The fraction of sp³-hybridized carbons (Fsp3) is 0.400. The van der Waals surface area contributed by atoms with Crippen molar-refractivity contribution >= 4 is 11.6 Å². The number of rotatable bonds is 4. The molecule has 0 spiro atoms. The van der Waals surface area contributed by atoms with E-state index in [1.165, 1.54) is 11.9 Å². The topological polar surface area (TPSA) is 29.9 Å². The van der Waals surface area contributed by atoms with E-state index in [1.54, 1.807) is 12.1 Å².